The van der Waals surface area contributed by atoms with Crippen molar-refractivity contribution < 1.29 is 4.74 Å². The number of hydrogen-bond acceptors (Lipinski definition) is 6. The van der Waals surface area contributed by atoms with Crippen LogP contribution in [0.1, 0.15) is 19.7 Å². The average molecular weight is 248 g/mol. The summed E-state index contributed by atoms with van der Waals surface area (Å²) >= 11 is 0. The summed E-state index contributed by atoms with van der Waals surface area (Å²) in [6.07, 6.45) is 3.22. The van der Waals surface area contributed by atoms with Crippen LogP contribution in [0.4, 0.5) is 5.82 Å². The van der Waals surface area contributed by atoms with E-state index < -0.39 is 0 Å². The summed E-state index contributed by atoms with van der Waals surface area (Å²) in [5.74, 6) is 2.09. The topological polar surface area (TPSA) is 77.8 Å². The fraction of sp³-hybridized carbons (Fsp3) is 0.455. The molecule has 0 aliphatic heterocycles. The van der Waals surface area contributed by atoms with Crippen LogP contribution in [0.2, 0.25) is 0 Å². The van der Waals surface area contributed by atoms with Gasteiger partial charge in [0.05, 0.1) is 12.6 Å². The van der Waals surface area contributed by atoms with Crippen molar-refractivity contribution >= 4 is 5.82 Å². The first-order valence-electron chi connectivity index (χ1n) is 5.70. The Kier molecular flexibility index (Phi) is 3.71. The molecule has 2 aromatic rings. The van der Waals surface area contributed by atoms with Gasteiger partial charge in [-0.15, -0.1) is 10.2 Å². The summed E-state index contributed by atoms with van der Waals surface area (Å²) in [6, 6.07) is 1.76. The van der Waals surface area contributed by atoms with Crippen LogP contribution in [-0.2, 0) is 13.6 Å². The first kappa shape index (κ1) is 12.3. The minimum Gasteiger partial charge on any atom is -0.475 e. The molecule has 0 saturated heterocycles. The molecule has 18 heavy (non-hydrogen) atoms. The van der Waals surface area contributed by atoms with Gasteiger partial charge in [-0.05, 0) is 13.8 Å². The van der Waals surface area contributed by atoms with Crippen molar-refractivity contribution in [3.05, 3.63) is 24.5 Å². The molecule has 0 spiro atoms. The van der Waals surface area contributed by atoms with Crippen LogP contribution in [0.15, 0.2) is 18.7 Å². The molecule has 0 amide bonds. The highest BCUT2D eigenvalue weighted by Gasteiger charge is 2.04. The molecule has 7 nitrogen and oxygen atoms in total. The van der Waals surface area contributed by atoms with Crippen molar-refractivity contribution in [3.63, 3.8) is 0 Å². The van der Waals surface area contributed by atoms with E-state index in [-0.39, 0.29) is 6.10 Å². The van der Waals surface area contributed by atoms with Gasteiger partial charge >= 0.3 is 0 Å². The van der Waals surface area contributed by atoms with Gasteiger partial charge in [0.2, 0.25) is 5.88 Å². The van der Waals surface area contributed by atoms with Gasteiger partial charge < -0.3 is 14.6 Å². The monoisotopic (exact) mass is 248 g/mol. The molecule has 0 saturated carbocycles. The maximum absolute atomic E-state index is 5.49. The van der Waals surface area contributed by atoms with Gasteiger partial charge in [0.25, 0.3) is 0 Å². The molecule has 0 aliphatic rings. The zero-order valence-corrected chi connectivity index (χ0v) is 10.7. The van der Waals surface area contributed by atoms with E-state index in [1.165, 1.54) is 6.33 Å². The highest BCUT2D eigenvalue weighted by Crippen LogP contribution is 2.12. The molecule has 0 fully saturated rings. The number of nitrogens with one attached hydrogen (secondary N) is 1. The summed E-state index contributed by atoms with van der Waals surface area (Å²) in [5, 5.41) is 10.9. The molecule has 0 aliphatic carbocycles. The fourth-order valence-corrected chi connectivity index (χ4v) is 1.38. The molecule has 1 N–H and O–H groups in total. The second-order valence-corrected chi connectivity index (χ2v) is 4.12. The van der Waals surface area contributed by atoms with Crippen molar-refractivity contribution in [3.8, 4) is 5.88 Å². The normalized spacial score (nSPS) is 10.7. The smallest absolute Gasteiger partial charge is 0.218 e. The summed E-state index contributed by atoms with van der Waals surface area (Å²) in [5.41, 5.74) is 0. The lowest BCUT2D eigenvalue weighted by Gasteiger charge is -2.09. The average Bonchev–Trinajstić information content (AvgIpc) is 2.72. The van der Waals surface area contributed by atoms with Crippen LogP contribution in [0.3, 0.4) is 0 Å². The summed E-state index contributed by atoms with van der Waals surface area (Å²) < 4.78 is 7.34. The van der Waals surface area contributed by atoms with Crippen LogP contribution in [-0.4, -0.2) is 30.8 Å². The van der Waals surface area contributed by atoms with Gasteiger partial charge in [0, 0.05) is 13.1 Å². The van der Waals surface area contributed by atoms with Crippen molar-refractivity contribution in [1.82, 2.24) is 24.7 Å². The van der Waals surface area contributed by atoms with Crippen LogP contribution >= 0.6 is 0 Å². The van der Waals surface area contributed by atoms with E-state index in [1.54, 1.807) is 12.4 Å². The molecule has 2 rings (SSSR count). The Morgan fingerprint density at radius 2 is 2.22 bits per heavy atom. The molecule has 0 bridgehead atoms. The molecular formula is C11H16N6O. The standard InChI is InChI=1S/C11H16N6O/c1-8(2)18-11-4-9(13-6-14-11)12-5-10-16-15-7-17(10)3/h4,6-8H,5H2,1-3H3,(H,12,13,14). The number of rotatable bonds is 5. The Bertz CT molecular complexity index is 510. The molecular weight excluding hydrogens is 232 g/mol. The van der Waals surface area contributed by atoms with Crippen molar-refractivity contribution in [2.45, 2.75) is 26.5 Å². The number of aryl methyl sites for hydroxylation is 1. The van der Waals surface area contributed by atoms with Crippen LogP contribution in [0, 0.1) is 0 Å². The highest BCUT2D eigenvalue weighted by molar-refractivity contribution is 5.37. The van der Waals surface area contributed by atoms with Gasteiger partial charge in [0.1, 0.15) is 18.5 Å². The van der Waals surface area contributed by atoms with Crippen molar-refractivity contribution in [1.29, 1.82) is 0 Å². The lowest BCUT2D eigenvalue weighted by molar-refractivity contribution is 0.232. The third kappa shape index (κ3) is 3.16. The van der Waals surface area contributed by atoms with E-state index in [0.717, 1.165) is 5.82 Å². The van der Waals surface area contributed by atoms with Gasteiger partial charge in [-0.3, -0.25) is 0 Å². The number of ether oxygens (including phenoxy) is 1. The fourth-order valence-electron chi connectivity index (χ4n) is 1.38. The first-order chi connectivity index (χ1) is 8.65. The quantitative estimate of drug-likeness (QED) is 0.850. The minimum atomic E-state index is 0.0893. The zero-order valence-electron chi connectivity index (χ0n) is 10.7. The molecule has 2 heterocycles. The predicted molar refractivity (Wildman–Crippen MR) is 66.1 cm³/mol. The second kappa shape index (κ2) is 5.44. The molecule has 0 unspecified atom stereocenters. The Morgan fingerprint density at radius 3 is 2.89 bits per heavy atom. The molecule has 96 valence electrons. The summed E-state index contributed by atoms with van der Waals surface area (Å²) in [6.45, 7) is 4.46. The molecule has 0 radical (unpaired) electrons. The third-order valence-corrected chi connectivity index (χ3v) is 2.23. The molecule has 0 atom stereocenters. The Labute approximate surface area is 105 Å². The third-order valence-electron chi connectivity index (χ3n) is 2.23. The van der Waals surface area contributed by atoms with E-state index in [9.17, 15) is 0 Å². The predicted octanol–water partition coefficient (Wildman–Crippen LogP) is 1.00. The van der Waals surface area contributed by atoms with Gasteiger partial charge in [-0.25, -0.2) is 9.97 Å². The Hall–Kier alpha value is -2.18. The maximum Gasteiger partial charge on any atom is 0.218 e. The molecule has 0 aromatic carbocycles. The van der Waals surface area contributed by atoms with Gasteiger partial charge in [0.15, 0.2) is 5.82 Å². The minimum absolute atomic E-state index is 0.0893. The van der Waals surface area contributed by atoms with Crippen molar-refractivity contribution in [2.75, 3.05) is 5.32 Å². The maximum atomic E-state index is 5.49. The van der Waals surface area contributed by atoms with Gasteiger partial charge in [-0.2, -0.15) is 0 Å². The van der Waals surface area contributed by atoms with Crippen LogP contribution in [0.5, 0.6) is 5.88 Å². The van der Waals surface area contributed by atoms with E-state index in [1.807, 2.05) is 25.5 Å². The number of anilines is 1. The van der Waals surface area contributed by atoms with Crippen molar-refractivity contribution in [2.24, 2.45) is 7.05 Å². The Morgan fingerprint density at radius 1 is 1.39 bits per heavy atom. The first-order valence-corrected chi connectivity index (χ1v) is 5.70. The summed E-state index contributed by atoms with van der Waals surface area (Å²) in [7, 11) is 1.89. The van der Waals surface area contributed by atoms with Crippen LogP contribution in [0.25, 0.3) is 0 Å². The van der Waals surface area contributed by atoms with E-state index in [0.29, 0.717) is 18.2 Å². The SMILES string of the molecule is CC(C)Oc1cc(NCc2nncn2C)ncn1. The number of aromatic nitrogens is 5. The largest absolute Gasteiger partial charge is 0.475 e. The van der Waals surface area contributed by atoms with E-state index in [2.05, 4.69) is 25.5 Å². The van der Waals surface area contributed by atoms with Crippen LogP contribution < -0.4 is 10.1 Å². The highest BCUT2D eigenvalue weighted by atomic mass is 16.5. The van der Waals surface area contributed by atoms with E-state index >= 15 is 0 Å². The van der Waals surface area contributed by atoms with E-state index in [4.69, 9.17) is 4.74 Å². The summed E-state index contributed by atoms with van der Waals surface area (Å²) in [4.78, 5) is 8.15. The molecule has 2 aromatic heterocycles. The number of nitrogens with zero attached hydrogens (tertiary/aromatic N) is 5. The lowest BCUT2D eigenvalue weighted by Crippen LogP contribution is -2.09. The Balaban J connectivity index is 1.99. The van der Waals surface area contributed by atoms with Gasteiger partial charge in [-0.1, -0.05) is 0 Å². The second-order valence-electron chi connectivity index (χ2n) is 4.12. The zero-order chi connectivity index (χ0) is 13.0. The molecule has 7 heteroatoms. The number of hydrogen-bond donors (Lipinski definition) is 1. The lowest BCUT2D eigenvalue weighted by atomic mass is 10.4.